The standard InChI is InChI=1S/C16H14OS/c1-10-8-14-13(15(18)9-10)7-6-11-4-2-3-5-12(11)16(14)17/h2-9,16-18H,1H3. The first-order valence-electron chi connectivity index (χ1n) is 5.95. The molecular weight excluding hydrogens is 240 g/mol. The molecule has 0 heterocycles. The molecule has 1 aliphatic carbocycles. The van der Waals surface area contributed by atoms with E-state index in [9.17, 15) is 5.11 Å². The Morgan fingerprint density at radius 3 is 2.67 bits per heavy atom. The van der Waals surface area contributed by atoms with E-state index >= 15 is 0 Å². The topological polar surface area (TPSA) is 20.2 Å². The Morgan fingerprint density at radius 2 is 1.83 bits per heavy atom. The smallest absolute Gasteiger partial charge is 0.105 e. The first-order chi connectivity index (χ1) is 8.66. The van der Waals surface area contributed by atoms with E-state index in [-0.39, 0.29) is 0 Å². The molecular formula is C16H14OS. The van der Waals surface area contributed by atoms with Crippen molar-refractivity contribution >= 4 is 24.8 Å². The molecule has 0 fully saturated rings. The Labute approximate surface area is 112 Å². The molecule has 1 nitrogen and oxygen atoms in total. The summed E-state index contributed by atoms with van der Waals surface area (Å²) in [5.41, 5.74) is 5.07. The lowest BCUT2D eigenvalue weighted by molar-refractivity contribution is 0.220. The van der Waals surface area contributed by atoms with Gasteiger partial charge >= 0.3 is 0 Å². The van der Waals surface area contributed by atoms with Crippen LogP contribution in [-0.4, -0.2) is 5.11 Å². The van der Waals surface area contributed by atoms with E-state index in [1.54, 1.807) is 0 Å². The number of benzene rings is 2. The zero-order valence-electron chi connectivity index (χ0n) is 10.1. The fraction of sp³-hybridized carbons (Fsp3) is 0.125. The first-order valence-corrected chi connectivity index (χ1v) is 6.40. The highest BCUT2D eigenvalue weighted by Gasteiger charge is 2.20. The molecule has 0 amide bonds. The predicted molar refractivity (Wildman–Crippen MR) is 77.9 cm³/mol. The predicted octanol–water partition coefficient (Wildman–Crippen LogP) is 3.85. The number of hydrogen-bond acceptors (Lipinski definition) is 2. The number of aryl methyl sites for hydroxylation is 1. The van der Waals surface area contributed by atoms with Crippen molar-refractivity contribution in [3.8, 4) is 0 Å². The number of aliphatic hydroxyl groups is 1. The van der Waals surface area contributed by atoms with Crippen LogP contribution in [0.15, 0.2) is 41.3 Å². The van der Waals surface area contributed by atoms with E-state index in [0.717, 1.165) is 32.7 Å². The van der Waals surface area contributed by atoms with E-state index in [1.807, 2.05) is 55.5 Å². The van der Waals surface area contributed by atoms with Crippen LogP contribution in [0.2, 0.25) is 0 Å². The summed E-state index contributed by atoms with van der Waals surface area (Å²) in [6.07, 6.45) is 3.49. The summed E-state index contributed by atoms with van der Waals surface area (Å²) >= 11 is 4.51. The van der Waals surface area contributed by atoms with Crippen molar-refractivity contribution in [1.29, 1.82) is 0 Å². The highest BCUT2D eigenvalue weighted by atomic mass is 32.1. The zero-order chi connectivity index (χ0) is 12.7. The molecule has 0 radical (unpaired) electrons. The summed E-state index contributed by atoms with van der Waals surface area (Å²) in [7, 11) is 0. The van der Waals surface area contributed by atoms with E-state index in [1.165, 1.54) is 0 Å². The largest absolute Gasteiger partial charge is 0.384 e. The number of hydrogen-bond donors (Lipinski definition) is 2. The molecule has 2 aromatic rings. The van der Waals surface area contributed by atoms with Gasteiger partial charge in [0.05, 0.1) is 0 Å². The molecule has 0 aliphatic heterocycles. The summed E-state index contributed by atoms with van der Waals surface area (Å²) in [6.45, 7) is 2.02. The van der Waals surface area contributed by atoms with Crippen LogP contribution in [0, 0.1) is 6.92 Å². The van der Waals surface area contributed by atoms with Gasteiger partial charge in [-0.2, -0.15) is 0 Å². The van der Waals surface area contributed by atoms with Crippen LogP contribution in [0.5, 0.6) is 0 Å². The van der Waals surface area contributed by atoms with E-state index in [4.69, 9.17) is 0 Å². The lowest BCUT2D eigenvalue weighted by Gasteiger charge is -2.16. The van der Waals surface area contributed by atoms with Crippen LogP contribution >= 0.6 is 12.6 Å². The minimum atomic E-state index is -0.586. The van der Waals surface area contributed by atoms with Crippen molar-refractivity contribution in [1.82, 2.24) is 0 Å². The van der Waals surface area contributed by atoms with Gasteiger partial charge in [-0.25, -0.2) is 0 Å². The van der Waals surface area contributed by atoms with Gasteiger partial charge < -0.3 is 5.11 Å². The van der Waals surface area contributed by atoms with Gasteiger partial charge in [-0.15, -0.1) is 12.6 Å². The average Bonchev–Trinajstić information content (AvgIpc) is 2.49. The molecule has 1 aliphatic rings. The first kappa shape index (κ1) is 11.6. The van der Waals surface area contributed by atoms with E-state index in [2.05, 4.69) is 12.6 Å². The average molecular weight is 254 g/mol. The molecule has 0 aromatic heterocycles. The number of thiol groups is 1. The highest BCUT2D eigenvalue weighted by Crippen LogP contribution is 2.35. The lowest BCUT2D eigenvalue weighted by Crippen LogP contribution is -2.03. The van der Waals surface area contributed by atoms with Crippen molar-refractivity contribution < 1.29 is 5.11 Å². The van der Waals surface area contributed by atoms with Crippen LogP contribution in [-0.2, 0) is 0 Å². The normalized spacial score (nSPS) is 16.9. The van der Waals surface area contributed by atoms with Crippen molar-refractivity contribution in [2.24, 2.45) is 0 Å². The van der Waals surface area contributed by atoms with Crippen LogP contribution in [0.25, 0.3) is 12.2 Å². The Morgan fingerprint density at radius 1 is 1.06 bits per heavy atom. The third-order valence-corrected chi connectivity index (χ3v) is 3.72. The number of aliphatic hydroxyl groups excluding tert-OH is 1. The maximum atomic E-state index is 10.6. The minimum Gasteiger partial charge on any atom is -0.384 e. The van der Waals surface area contributed by atoms with Gasteiger partial charge in [0.15, 0.2) is 0 Å². The Bertz CT molecular complexity index is 644. The molecule has 1 unspecified atom stereocenters. The van der Waals surface area contributed by atoms with Gasteiger partial charge in [-0.05, 0) is 40.8 Å². The summed E-state index contributed by atoms with van der Waals surface area (Å²) in [6, 6.07) is 12.0. The molecule has 1 N–H and O–H groups in total. The molecule has 3 rings (SSSR count). The maximum Gasteiger partial charge on any atom is 0.105 e. The second-order valence-corrected chi connectivity index (χ2v) is 5.13. The monoisotopic (exact) mass is 254 g/mol. The van der Waals surface area contributed by atoms with Gasteiger partial charge in [0, 0.05) is 4.90 Å². The summed E-state index contributed by atoms with van der Waals surface area (Å²) in [5.74, 6) is 0. The lowest BCUT2D eigenvalue weighted by atomic mass is 9.95. The van der Waals surface area contributed by atoms with Crippen molar-refractivity contribution in [3.63, 3.8) is 0 Å². The molecule has 0 spiro atoms. The zero-order valence-corrected chi connectivity index (χ0v) is 11.0. The highest BCUT2D eigenvalue weighted by molar-refractivity contribution is 7.80. The third-order valence-electron chi connectivity index (χ3n) is 3.35. The summed E-state index contributed by atoms with van der Waals surface area (Å²) in [4.78, 5) is 0.910. The van der Waals surface area contributed by atoms with Gasteiger partial charge in [-0.3, -0.25) is 0 Å². The molecule has 1 atom stereocenters. The molecule has 0 saturated heterocycles. The third kappa shape index (κ3) is 1.78. The Kier molecular flexibility index (Phi) is 2.77. The summed E-state index contributed by atoms with van der Waals surface area (Å²) < 4.78 is 0. The SMILES string of the molecule is Cc1cc(S)c2c(c1)C(O)c1ccccc1C=C2. The van der Waals surface area contributed by atoms with Gasteiger partial charge in [0.25, 0.3) is 0 Å². The van der Waals surface area contributed by atoms with Crippen molar-refractivity contribution in [3.05, 3.63) is 64.2 Å². The second-order valence-electron chi connectivity index (χ2n) is 4.65. The number of rotatable bonds is 0. The molecule has 0 bridgehead atoms. The molecule has 90 valence electrons. The van der Waals surface area contributed by atoms with Crippen LogP contribution in [0.3, 0.4) is 0 Å². The van der Waals surface area contributed by atoms with Crippen LogP contribution in [0.4, 0.5) is 0 Å². The van der Waals surface area contributed by atoms with Crippen LogP contribution < -0.4 is 0 Å². The molecule has 2 heteroatoms. The van der Waals surface area contributed by atoms with E-state index < -0.39 is 6.10 Å². The second kappa shape index (κ2) is 4.30. The quantitative estimate of drug-likeness (QED) is 0.684. The van der Waals surface area contributed by atoms with Crippen molar-refractivity contribution in [2.75, 3.05) is 0 Å². The molecule has 0 saturated carbocycles. The fourth-order valence-corrected chi connectivity index (χ4v) is 2.87. The minimum absolute atomic E-state index is 0.586. The van der Waals surface area contributed by atoms with Gasteiger partial charge in [0.2, 0.25) is 0 Å². The Hall–Kier alpha value is -1.51. The molecule has 2 aromatic carbocycles. The Balaban J connectivity index is 2.29. The van der Waals surface area contributed by atoms with Crippen LogP contribution in [0.1, 0.15) is 33.9 Å². The van der Waals surface area contributed by atoms with Gasteiger partial charge in [0.1, 0.15) is 6.10 Å². The maximum absolute atomic E-state index is 10.6. The summed E-state index contributed by atoms with van der Waals surface area (Å²) in [5, 5.41) is 10.6. The van der Waals surface area contributed by atoms with Gasteiger partial charge in [-0.1, -0.05) is 42.5 Å². The number of fused-ring (bicyclic) bond motifs is 2. The van der Waals surface area contributed by atoms with Crippen molar-refractivity contribution in [2.45, 2.75) is 17.9 Å². The fourth-order valence-electron chi connectivity index (χ4n) is 2.47. The molecule has 18 heavy (non-hydrogen) atoms. The van der Waals surface area contributed by atoms with E-state index in [0.29, 0.717) is 0 Å².